The van der Waals surface area contributed by atoms with Gasteiger partial charge in [0.25, 0.3) is 0 Å². The number of carbonyl (C=O) groups is 2. The number of hydrogen-bond acceptors (Lipinski definition) is 3. The lowest BCUT2D eigenvalue weighted by Gasteiger charge is -2.37. The zero-order valence-corrected chi connectivity index (χ0v) is 13.7. The van der Waals surface area contributed by atoms with Gasteiger partial charge >= 0.3 is 24.4 Å². The highest BCUT2D eigenvalue weighted by atomic mass is 19.4. The van der Waals surface area contributed by atoms with E-state index in [1.807, 2.05) is 5.32 Å². The number of carbonyl (C=O) groups excluding carboxylic acids is 2. The van der Waals surface area contributed by atoms with Gasteiger partial charge in [-0.1, -0.05) is 6.92 Å². The summed E-state index contributed by atoms with van der Waals surface area (Å²) in [6.07, 6.45) is -12.9. The van der Waals surface area contributed by atoms with Gasteiger partial charge < -0.3 is 15.4 Å². The summed E-state index contributed by atoms with van der Waals surface area (Å²) < 4.78 is 82.5. The zero-order chi connectivity index (χ0) is 20.2. The highest BCUT2D eigenvalue weighted by Crippen LogP contribution is 2.45. The molecule has 0 saturated heterocycles. The Labute approximate surface area is 144 Å². The Bertz CT molecular complexity index is 626. The molecule has 0 unspecified atom stereocenters. The summed E-state index contributed by atoms with van der Waals surface area (Å²) in [5.41, 5.74) is -4.38. The predicted molar refractivity (Wildman–Crippen MR) is 79.7 cm³/mol. The van der Waals surface area contributed by atoms with E-state index in [9.17, 15) is 35.9 Å². The van der Waals surface area contributed by atoms with E-state index in [1.165, 1.54) is 12.1 Å². The number of esters is 1. The molecule has 1 rings (SSSR count). The second-order valence-electron chi connectivity index (χ2n) is 5.13. The molecule has 0 bridgehead atoms. The largest absolute Gasteiger partial charge is 0.462 e. The van der Waals surface area contributed by atoms with Gasteiger partial charge in [0.1, 0.15) is 0 Å². The van der Waals surface area contributed by atoms with Crippen molar-refractivity contribution in [1.82, 2.24) is 5.32 Å². The minimum Gasteiger partial charge on any atom is -0.462 e. The Hall–Kier alpha value is -2.46. The Morgan fingerprint density at radius 2 is 1.46 bits per heavy atom. The van der Waals surface area contributed by atoms with Gasteiger partial charge in [0.05, 0.1) is 12.2 Å². The molecule has 0 heterocycles. The number of urea groups is 1. The van der Waals surface area contributed by atoms with Crippen molar-refractivity contribution in [2.75, 3.05) is 11.9 Å². The highest BCUT2D eigenvalue weighted by Gasteiger charge is 2.70. The van der Waals surface area contributed by atoms with Crippen LogP contribution in [0.15, 0.2) is 24.3 Å². The van der Waals surface area contributed by atoms with Crippen LogP contribution in [-0.2, 0) is 4.74 Å². The molecule has 0 aliphatic heterocycles. The maximum atomic E-state index is 13.0. The lowest BCUT2D eigenvalue weighted by atomic mass is 9.94. The number of nitrogens with one attached hydrogen (secondary N) is 2. The number of hydrogen-bond donors (Lipinski definition) is 2. The normalized spacial score (nSPS) is 12.5. The maximum absolute atomic E-state index is 13.0. The monoisotopic (exact) mass is 386 g/mol. The third-order valence-corrected chi connectivity index (χ3v) is 3.48. The molecular formula is C15H16F6N2O3. The summed E-state index contributed by atoms with van der Waals surface area (Å²) in [6.45, 7) is 2.37. The first kappa shape index (κ1) is 21.6. The van der Waals surface area contributed by atoms with E-state index in [1.54, 1.807) is 6.92 Å². The third-order valence-electron chi connectivity index (χ3n) is 3.48. The summed E-state index contributed by atoms with van der Waals surface area (Å²) >= 11 is 0. The standard InChI is InChI=1S/C15H16F6N2O3/c1-3-13(14(16,17)18,15(19,20)21)23-12(25)22-10-7-5-9(6-8-10)11(24)26-4-2/h5-8H,3-4H2,1-2H3,(H2,22,23,25). The molecule has 146 valence electrons. The van der Waals surface area contributed by atoms with Crippen LogP contribution in [0.25, 0.3) is 0 Å². The Balaban J connectivity index is 2.94. The van der Waals surface area contributed by atoms with Crippen LogP contribution in [0.3, 0.4) is 0 Å². The molecule has 0 spiro atoms. The molecule has 0 aromatic heterocycles. The van der Waals surface area contributed by atoms with Crippen LogP contribution in [0.2, 0.25) is 0 Å². The second-order valence-corrected chi connectivity index (χ2v) is 5.13. The van der Waals surface area contributed by atoms with Crippen LogP contribution >= 0.6 is 0 Å². The molecular weight excluding hydrogens is 370 g/mol. The van der Waals surface area contributed by atoms with E-state index in [4.69, 9.17) is 4.74 Å². The predicted octanol–water partition coefficient (Wildman–Crippen LogP) is 4.26. The number of rotatable bonds is 5. The molecule has 0 saturated carbocycles. The minimum absolute atomic E-state index is 0.103. The second kappa shape index (κ2) is 7.83. The van der Waals surface area contributed by atoms with E-state index in [2.05, 4.69) is 0 Å². The van der Waals surface area contributed by atoms with E-state index in [-0.39, 0.29) is 17.9 Å². The van der Waals surface area contributed by atoms with Crippen molar-refractivity contribution in [3.8, 4) is 0 Å². The van der Waals surface area contributed by atoms with Crippen LogP contribution in [0.1, 0.15) is 30.6 Å². The molecule has 1 aromatic rings. The summed E-state index contributed by atoms with van der Waals surface area (Å²) in [7, 11) is 0. The first-order valence-corrected chi connectivity index (χ1v) is 7.37. The molecule has 26 heavy (non-hydrogen) atoms. The van der Waals surface area contributed by atoms with Crippen LogP contribution in [-0.4, -0.2) is 36.5 Å². The average molecular weight is 386 g/mol. The number of benzene rings is 1. The van der Waals surface area contributed by atoms with Gasteiger partial charge in [0.2, 0.25) is 5.54 Å². The van der Waals surface area contributed by atoms with Crippen molar-refractivity contribution < 1.29 is 40.7 Å². The lowest BCUT2D eigenvalue weighted by Crippen LogP contribution is -2.67. The van der Waals surface area contributed by atoms with Gasteiger partial charge in [-0.3, -0.25) is 0 Å². The van der Waals surface area contributed by atoms with E-state index in [0.717, 1.165) is 17.4 Å². The summed E-state index contributed by atoms with van der Waals surface area (Å²) in [5.74, 6) is -0.664. The van der Waals surface area contributed by atoms with Crippen molar-refractivity contribution in [3.63, 3.8) is 0 Å². The molecule has 0 fully saturated rings. The van der Waals surface area contributed by atoms with Crippen molar-refractivity contribution in [2.45, 2.75) is 38.2 Å². The van der Waals surface area contributed by atoms with Gasteiger partial charge in [0, 0.05) is 5.69 Å². The van der Waals surface area contributed by atoms with Gasteiger partial charge in [0.15, 0.2) is 0 Å². The Morgan fingerprint density at radius 3 is 1.85 bits per heavy atom. The van der Waals surface area contributed by atoms with Crippen molar-refractivity contribution in [1.29, 1.82) is 0 Å². The lowest BCUT2D eigenvalue weighted by molar-refractivity contribution is -0.304. The third kappa shape index (κ3) is 4.58. The topological polar surface area (TPSA) is 67.4 Å². The molecule has 5 nitrogen and oxygen atoms in total. The number of halogens is 6. The molecule has 11 heteroatoms. The number of alkyl halides is 6. The molecule has 2 N–H and O–H groups in total. The van der Waals surface area contributed by atoms with E-state index >= 15 is 0 Å². The summed E-state index contributed by atoms with van der Waals surface area (Å²) in [5, 5.41) is 2.85. The average Bonchev–Trinajstić information content (AvgIpc) is 2.51. The molecule has 0 radical (unpaired) electrons. The van der Waals surface area contributed by atoms with Gasteiger partial charge in [-0.25, -0.2) is 9.59 Å². The van der Waals surface area contributed by atoms with Crippen LogP contribution in [0.4, 0.5) is 36.8 Å². The highest BCUT2D eigenvalue weighted by molar-refractivity contribution is 5.92. The summed E-state index contributed by atoms with van der Waals surface area (Å²) in [4.78, 5) is 23.1. The molecule has 0 aliphatic carbocycles. The van der Waals surface area contributed by atoms with Crippen LogP contribution in [0, 0.1) is 0 Å². The first-order chi connectivity index (χ1) is 11.9. The number of amides is 2. The van der Waals surface area contributed by atoms with Gasteiger partial charge in [-0.05, 0) is 37.6 Å². The summed E-state index contributed by atoms with van der Waals surface area (Å²) in [6, 6.07) is 2.99. The fraction of sp³-hybridized carbons (Fsp3) is 0.467. The first-order valence-electron chi connectivity index (χ1n) is 7.37. The van der Waals surface area contributed by atoms with E-state index in [0.29, 0.717) is 6.92 Å². The van der Waals surface area contributed by atoms with Crippen LogP contribution < -0.4 is 10.6 Å². The number of anilines is 1. The maximum Gasteiger partial charge on any atom is 0.420 e. The molecule has 0 atom stereocenters. The molecule has 2 amide bonds. The van der Waals surface area contributed by atoms with Gasteiger partial charge in [-0.15, -0.1) is 0 Å². The van der Waals surface area contributed by atoms with Gasteiger partial charge in [-0.2, -0.15) is 26.3 Å². The van der Waals surface area contributed by atoms with Crippen molar-refractivity contribution >= 4 is 17.7 Å². The van der Waals surface area contributed by atoms with E-state index < -0.39 is 36.3 Å². The smallest absolute Gasteiger partial charge is 0.420 e. The fourth-order valence-corrected chi connectivity index (χ4v) is 2.05. The quantitative estimate of drug-likeness (QED) is 0.587. The molecule has 1 aromatic carbocycles. The zero-order valence-electron chi connectivity index (χ0n) is 13.7. The number of ether oxygens (including phenoxy) is 1. The van der Waals surface area contributed by atoms with Crippen molar-refractivity contribution in [3.05, 3.63) is 29.8 Å². The van der Waals surface area contributed by atoms with Crippen molar-refractivity contribution in [2.24, 2.45) is 0 Å². The SMILES string of the molecule is CCOC(=O)c1ccc(NC(=O)NC(CC)(C(F)(F)F)C(F)(F)F)cc1. The fourth-order valence-electron chi connectivity index (χ4n) is 2.05. The molecule has 0 aliphatic rings. The Morgan fingerprint density at radius 1 is 0.962 bits per heavy atom. The minimum atomic E-state index is -5.74. The Kier molecular flexibility index (Phi) is 6.50. The van der Waals surface area contributed by atoms with Crippen LogP contribution in [0.5, 0.6) is 0 Å².